The molecule has 0 bridgehead atoms. The molecule has 1 heterocycles. The number of nitrogens with one attached hydrogen (secondary N) is 2. The summed E-state index contributed by atoms with van der Waals surface area (Å²) >= 11 is 1.78. The lowest BCUT2D eigenvalue weighted by Gasteiger charge is -2.18. The fraction of sp³-hybridized carbons (Fsp3) is 0.500. The SMILES string of the molecule is O=C(NCCc1csc2ccccc12)NC(C1CC1)C1CC1. The smallest absolute Gasteiger partial charge is 0.315 e. The molecule has 2 amide bonds. The minimum atomic E-state index is 0.0170. The topological polar surface area (TPSA) is 41.1 Å². The monoisotopic (exact) mass is 314 g/mol. The molecule has 2 aliphatic carbocycles. The Kier molecular flexibility index (Phi) is 3.78. The number of urea groups is 1. The van der Waals surface area contributed by atoms with E-state index in [1.54, 1.807) is 11.3 Å². The van der Waals surface area contributed by atoms with Crippen molar-refractivity contribution in [1.29, 1.82) is 0 Å². The summed E-state index contributed by atoms with van der Waals surface area (Å²) < 4.78 is 1.32. The number of rotatable bonds is 6. The maximum Gasteiger partial charge on any atom is 0.315 e. The first-order valence-electron chi connectivity index (χ1n) is 8.31. The van der Waals surface area contributed by atoms with E-state index in [0.29, 0.717) is 12.6 Å². The number of hydrogen-bond donors (Lipinski definition) is 2. The van der Waals surface area contributed by atoms with E-state index in [1.165, 1.54) is 41.3 Å². The summed E-state index contributed by atoms with van der Waals surface area (Å²) in [4.78, 5) is 12.1. The van der Waals surface area contributed by atoms with Gasteiger partial charge in [-0.2, -0.15) is 0 Å². The van der Waals surface area contributed by atoms with Crippen LogP contribution in [0.25, 0.3) is 10.1 Å². The Morgan fingerprint density at radius 3 is 2.64 bits per heavy atom. The van der Waals surface area contributed by atoms with Gasteiger partial charge >= 0.3 is 6.03 Å². The van der Waals surface area contributed by atoms with Crippen molar-refractivity contribution < 1.29 is 4.79 Å². The standard InChI is InChI=1S/C18H22N2OS/c21-18(20-17(12-5-6-12)13-7-8-13)19-10-9-14-11-22-16-4-2-1-3-15(14)16/h1-4,11-13,17H,5-10H2,(H2,19,20,21). The van der Waals surface area contributed by atoms with Gasteiger partial charge in [-0.15, -0.1) is 11.3 Å². The van der Waals surface area contributed by atoms with Crippen LogP contribution < -0.4 is 10.6 Å². The molecule has 0 unspecified atom stereocenters. The molecule has 2 aromatic rings. The predicted molar refractivity (Wildman–Crippen MR) is 91.3 cm³/mol. The van der Waals surface area contributed by atoms with Crippen molar-refractivity contribution in [3.63, 3.8) is 0 Å². The maximum absolute atomic E-state index is 12.1. The van der Waals surface area contributed by atoms with Crippen LogP contribution >= 0.6 is 11.3 Å². The van der Waals surface area contributed by atoms with Crippen molar-refractivity contribution in [2.45, 2.75) is 38.1 Å². The van der Waals surface area contributed by atoms with E-state index >= 15 is 0 Å². The zero-order chi connectivity index (χ0) is 14.9. The molecule has 2 aliphatic rings. The lowest BCUT2D eigenvalue weighted by Crippen LogP contribution is -2.44. The van der Waals surface area contributed by atoms with Gasteiger partial charge < -0.3 is 10.6 Å². The number of carbonyl (C=O) groups excluding carboxylic acids is 1. The van der Waals surface area contributed by atoms with Gasteiger partial charge in [0, 0.05) is 17.3 Å². The van der Waals surface area contributed by atoms with Gasteiger partial charge in [-0.05, 0) is 66.3 Å². The summed E-state index contributed by atoms with van der Waals surface area (Å²) in [6.07, 6.45) is 6.07. The second-order valence-corrected chi connectivity index (χ2v) is 7.52. The van der Waals surface area contributed by atoms with E-state index in [1.807, 2.05) is 0 Å². The van der Waals surface area contributed by atoms with E-state index in [0.717, 1.165) is 18.3 Å². The van der Waals surface area contributed by atoms with Crippen LogP contribution in [0.2, 0.25) is 0 Å². The van der Waals surface area contributed by atoms with Crippen molar-refractivity contribution in [3.05, 3.63) is 35.2 Å². The molecule has 4 rings (SSSR count). The zero-order valence-corrected chi connectivity index (χ0v) is 13.5. The van der Waals surface area contributed by atoms with Gasteiger partial charge in [-0.3, -0.25) is 0 Å². The Hall–Kier alpha value is -1.55. The van der Waals surface area contributed by atoms with E-state index in [2.05, 4.69) is 40.3 Å². The third-order valence-electron chi connectivity index (χ3n) is 4.80. The average Bonchev–Trinajstić information content (AvgIpc) is 3.44. The molecule has 0 atom stereocenters. The summed E-state index contributed by atoms with van der Waals surface area (Å²) in [5.74, 6) is 1.50. The lowest BCUT2D eigenvalue weighted by atomic mass is 10.1. The van der Waals surface area contributed by atoms with Crippen LogP contribution in [0.1, 0.15) is 31.2 Å². The summed E-state index contributed by atoms with van der Waals surface area (Å²) in [5, 5.41) is 9.78. The molecule has 116 valence electrons. The average molecular weight is 314 g/mol. The van der Waals surface area contributed by atoms with Crippen LogP contribution in [0.5, 0.6) is 0 Å². The molecule has 2 N–H and O–H groups in total. The molecule has 3 nitrogen and oxygen atoms in total. The number of fused-ring (bicyclic) bond motifs is 1. The molecule has 4 heteroatoms. The molecule has 0 radical (unpaired) electrons. The molecule has 1 aromatic heterocycles. The van der Waals surface area contributed by atoms with E-state index in [9.17, 15) is 4.79 Å². The minimum Gasteiger partial charge on any atom is -0.338 e. The third kappa shape index (κ3) is 3.12. The highest BCUT2D eigenvalue weighted by Crippen LogP contribution is 2.44. The van der Waals surface area contributed by atoms with Gasteiger partial charge in [-0.1, -0.05) is 18.2 Å². The lowest BCUT2D eigenvalue weighted by molar-refractivity contribution is 0.233. The first-order chi connectivity index (χ1) is 10.8. The molecular formula is C18H22N2OS. The molecule has 2 saturated carbocycles. The second-order valence-electron chi connectivity index (χ2n) is 6.61. The molecule has 0 spiro atoms. The van der Waals surface area contributed by atoms with Gasteiger partial charge in [0.05, 0.1) is 0 Å². The number of hydrogen-bond acceptors (Lipinski definition) is 2. The summed E-state index contributed by atoms with van der Waals surface area (Å²) in [5.41, 5.74) is 1.34. The Morgan fingerprint density at radius 1 is 1.18 bits per heavy atom. The summed E-state index contributed by atoms with van der Waals surface area (Å²) in [7, 11) is 0. The van der Waals surface area contributed by atoms with Crippen LogP contribution in [0.3, 0.4) is 0 Å². The van der Waals surface area contributed by atoms with Gasteiger partial charge in [-0.25, -0.2) is 4.79 Å². The van der Waals surface area contributed by atoms with Crippen molar-refractivity contribution in [3.8, 4) is 0 Å². The molecule has 1 aromatic carbocycles. The van der Waals surface area contributed by atoms with Crippen LogP contribution in [-0.4, -0.2) is 18.6 Å². The number of carbonyl (C=O) groups is 1. The van der Waals surface area contributed by atoms with E-state index in [-0.39, 0.29) is 6.03 Å². The van der Waals surface area contributed by atoms with Gasteiger partial charge in [0.1, 0.15) is 0 Å². The van der Waals surface area contributed by atoms with Gasteiger partial charge in [0.2, 0.25) is 0 Å². The first kappa shape index (κ1) is 14.1. The Morgan fingerprint density at radius 2 is 1.91 bits per heavy atom. The molecule has 22 heavy (non-hydrogen) atoms. The van der Waals surface area contributed by atoms with Crippen LogP contribution in [0.15, 0.2) is 29.6 Å². The number of benzene rings is 1. The summed E-state index contributed by atoms with van der Waals surface area (Å²) in [6.45, 7) is 0.703. The first-order valence-corrected chi connectivity index (χ1v) is 9.19. The predicted octanol–water partition coefficient (Wildman–Crippen LogP) is 3.93. The highest BCUT2D eigenvalue weighted by molar-refractivity contribution is 7.17. The Balaban J connectivity index is 1.28. The van der Waals surface area contributed by atoms with Crippen molar-refractivity contribution in [2.24, 2.45) is 11.8 Å². The highest BCUT2D eigenvalue weighted by Gasteiger charge is 2.42. The maximum atomic E-state index is 12.1. The zero-order valence-electron chi connectivity index (χ0n) is 12.7. The fourth-order valence-electron chi connectivity index (χ4n) is 3.27. The minimum absolute atomic E-state index is 0.0170. The van der Waals surface area contributed by atoms with Crippen LogP contribution in [0.4, 0.5) is 4.79 Å². The van der Waals surface area contributed by atoms with E-state index < -0.39 is 0 Å². The number of thiophene rings is 1. The molecule has 0 aliphatic heterocycles. The van der Waals surface area contributed by atoms with Crippen LogP contribution in [-0.2, 0) is 6.42 Å². The number of amides is 2. The van der Waals surface area contributed by atoms with Crippen molar-refractivity contribution >= 4 is 27.5 Å². The quantitative estimate of drug-likeness (QED) is 0.833. The van der Waals surface area contributed by atoms with E-state index in [4.69, 9.17) is 0 Å². The van der Waals surface area contributed by atoms with Gasteiger partial charge in [0.25, 0.3) is 0 Å². The molecule has 0 saturated heterocycles. The molecule has 2 fully saturated rings. The second kappa shape index (κ2) is 5.92. The Labute approximate surface area is 135 Å². The Bertz CT molecular complexity index is 661. The van der Waals surface area contributed by atoms with Gasteiger partial charge in [0.15, 0.2) is 0 Å². The third-order valence-corrected chi connectivity index (χ3v) is 5.81. The van der Waals surface area contributed by atoms with Crippen LogP contribution in [0, 0.1) is 11.8 Å². The van der Waals surface area contributed by atoms with Crippen molar-refractivity contribution in [2.75, 3.05) is 6.54 Å². The largest absolute Gasteiger partial charge is 0.338 e. The fourth-order valence-corrected chi connectivity index (χ4v) is 4.27. The summed E-state index contributed by atoms with van der Waals surface area (Å²) in [6, 6.07) is 8.92. The van der Waals surface area contributed by atoms with Crippen molar-refractivity contribution in [1.82, 2.24) is 10.6 Å². The molecular weight excluding hydrogens is 292 g/mol. The highest BCUT2D eigenvalue weighted by atomic mass is 32.1. The normalized spacial score (nSPS) is 17.9.